The topological polar surface area (TPSA) is 18.5 Å². The minimum absolute atomic E-state index is 0.613. The highest BCUT2D eigenvalue weighted by molar-refractivity contribution is 9.10. The summed E-state index contributed by atoms with van der Waals surface area (Å²) in [5.74, 6) is 2.27. The lowest BCUT2D eigenvalue weighted by Crippen LogP contribution is -2.12. The van der Waals surface area contributed by atoms with Gasteiger partial charge >= 0.3 is 0 Å². The van der Waals surface area contributed by atoms with E-state index in [9.17, 15) is 0 Å². The van der Waals surface area contributed by atoms with E-state index in [4.69, 9.17) is 9.47 Å². The maximum Gasteiger partial charge on any atom is 0.175 e. The summed E-state index contributed by atoms with van der Waals surface area (Å²) >= 11 is 7.09. The molecule has 0 aliphatic heterocycles. The number of ether oxygens (including phenoxy) is 2. The van der Waals surface area contributed by atoms with Crippen LogP contribution in [0.2, 0.25) is 0 Å². The molecule has 1 rings (SSSR count). The molecule has 0 saturated heterocycles. The molecule has 1 aromatic rings. The molecule has 2 nitrogen and oxygen atoms in total. The van der Waals surface area contributed by atoms with Crippen molar-refractivity contribution in [3.63, 3.8) is 0 Å². The molecule has 0 amide bonds. The van der Waals surface area contributed by atoms with Gasteiger partial charge in [0.05, 0.1) is 17.7 Å². The number of benzene rings is 1. The van der Waals surface area contributed by atoms with Crippen molar-refractivity contribution >= 4 is 31.9 Å². The average Bonchev–Trinajstić information content (AvgIpc) is 2.49. The van der Waals surface area contributed by atoms with Crippen LogP contribution in [-0.2, 0) is 5.33 Å². The summed E-state index contributed by atoms with van der Waals surface area (Å²) in [6, 6.07) is 4.13. The van der Waals surface area contributed by atoms with Crippen molar-refractivity contribution < 1.29 is 9.47 Å². The third kappa shape index (κ3) is 6.19. The van der Waals surface area contributed by atoms with Crippen LogP contribution in [-0.4, -0.2) is 13.2 Å². The lowest BCUT2D eigenvalue weighted by molar-refractivity contribution is 0.218. The Kier molecular flexibility index (Phi) is 9.41. The lowest BCUT2D eigenvalue weighted by Gasteiger charge is -2.19. The summed E-state index contributed by atoms with van der Waals surface area (Å²) in [5.41, 5.74) is 1.18. The molecule has 0 N–H and O–H groups in total. The highest BCUT2D eigenvalue weighted by Gasteiger charge is 2.14. The number of alkyl halides is 1. The summed E-state index contributed by atoms with van der Waals surface area (Å²) < 4.78 is 12.8. The fourth-order valence-electron chi connectivity index (χ4n) is 2.20. The molecule has 120 valence electrons. The van der Waals surface area contributed by atoms with Gasteiger partial charge in [-0.05, 0) is 52.9 Å². The van der Waals surface area contributed by atoms with E-state index >= 15 is 0 Å². The van der Waals surface area contributed by atoms with Crippen LogP contribution >= 0.6 is 31.9 Å². The van der Waals surface area contributed by atoms with E-state index in [0.29, 0.717) is 12.5 Å². The molecule has 1 unspecified atom stereocenters. The van der Waals surface area contributed by atoms with Crippen molar-refractivity contribution in [1.82, 2.24) is 0 Å². The Morgan fingerprint density at radius 1 is 1.14 bits per heavy atom. The van der Waals surface area contributed by atoms with Crippen molar-refractivity contribution in [2.24, 2.45) is 5.92 Å². The second kappa shape index (κ2) is 10.5. The molecule has 4 heteroatoms. The molecular weight excluding hydrogens is 396 g/mol. The summed E-state index contributed by atoms with van der Waals surface area (Å²) in [6.45, 7) is 7.85. The largest absolute Gasteiger partial charge is 0.490 e. The summed E-state index contributed by atoms with van der Waals surface area (Å²) in [5, 5.41) is 0.806. The van der Waals surface area contributed by atoms with Gasteiger partial charge in [0.2, 0.25) is 0 Å². The number of hydrogen-bond acceptors (Lipinski definition) is 2. The molecule has 0 aliphatic rings. The second-order valence-electron chi connectivity index (χ2n) is 5.20. The first-order valence-corrected chi connectivity index (χ1v) is 9.71. The summed E-state index contributed by atoms with van der Waals surface area (Å²) in [7, 11) is 0. The van der Waals surface area contributed by atoms with Crippen LogP contribution in [0.15, 0.2) is 16.6 Å². The molecule has 0 aromatic heterocycles. The second-order valence-corrected chi connectivity index (χ2v) is 6.61. The molecular formula is C17H26Br2O2. The standard InChI is InChI=1S/C17H26Br2O2/c1-4-7-8-13(5-2)12-21-17-15(19)9-14(11-18)10-16(17)20-6-3/h9-10,13H,4-8,11-12H2,1-3H3. The minimum Gasteiger partial charge on any atom is -0.490 e. The van der Waals surface area contributed by atoms with Crippen molar-refractivity contribution in [3.05, 3.63) is 22.2 Å². The Balaban J connectivity index is 2.80. The van der Waals surface area contributed by atoms with Crippen LogP contribution in [0.25, 0.3) is 0 Å². The highest BCUT2D eigenvalue weighted by atomic mass is 79.9. The zero-order valence-electron chi connectivity index (χ0n) is 13.3. The fraction of sp³-hybridized carbons (Fsp3) is 0.647. The Morgan fingerprint density at radius 2 is 1.90 bits per heavy atom. The van der Waals surface area contributed by atoms with E-state index in [-0.39, 0.29) is 0 Å². The third-order valence-electron chi connectivity index (χ3n) is 3.53. The maximum absolute atomic E-state index is 6.08. The predicted molar refractivity (Wildman–Crippen MR) is 96.7 cm³/mol. The number of halogens is 2. The minimum atomic E-state index is 0.613. The summed E-state index contributed by atoms with van der Waals surface area (Å²) in [4.78, 5) is 0. The average molecular weight is 422 g/mol. The van der Waals surface area contributed by atoms with Gasteiger partial charge < -0.3 is 9.47 Å². The molecule has 21 heavy (non-hydrogen) atoms. The molecule has 0 spiro atoms. The molecule has 0 aliphatic carbocycles. The Morgan fingerprint density at radius 3 is 2.48 bits per heavy atom. The van der Waals surface area contributed by atoms with Gasteiger partial charge in [-0.15, -0.1) is 0 Å². The zero-order chi connectivity index (χ0) is 15.7. The zero-order valence-corrected chi connectivity index (χ0v) is 16.4. The van der Waals surface area contributed by atoms with Gasteiger partial charge in [0, 0.05) is 5.33 Å². The van der Waals surface area contributed by atoms with Crippen LogP contribution in [0.5, 0.6) is 11.5 Å². The Labute approximate surface area is 145 Å². The summed E-state index contributed by atoms with van der Waals surface area (Å²) in [6.07, 6.45) is 4.89. The highest BCUT2D eigenvalue weighted by Crippen LogP contribution is 2.38. The van der Waals surface area contributed by atoms with Gasteiger partial charge in [0.25, 0.3) is 0 Å². The van der Waals surface area contributed by atoms with Crippen LogP contribution in [0.3, 0.4) is 0 Å². The van der Waals surface area contributed by atoms with Crippen molar-refractivity contribution in [1.29, 1.82) is 0 Å². The molecule has 0 fully saturated rings. The van der Waals surface area contributed by atoms with Crippen molar-refractivity contribution in [3.8, 4) is 11.5 Å². The molecule has 0 saturated carbocycles. The van der Waals surface area contributed by atoms with E-state index in [1.165, 1.54) is 24.8 Å². The van der Waals surface area contributed by atoms with Gasteiger partial charge in [-0.25, -0.2) is 0 Å². The molecule has 1 atom stereocenters. The number of rotatable bonds is 10. The lowest BCUT2D eigenvalue weighted by atomic mass is 10.0. The van der Waals surface area contributed by atoms with Gasteiger partial charge in [0.1, 0.15) is 0 Å². The normalized spacial score (nSPS) is 12.2. The quantitative estimate of drug-likeness (QED) is 0.410. The monoisotopic (exact) mass is 420 g/mol. The van der Waals surface area contributed by atoms with E-state index in [1.807, 2.05) is 13.0 Å². The number of hydrogen-bond donors (Lipinski definition) is 0. The van der Waals surface area contributed by atoms with Crippen LogP contribution < -0.4 is 9.47 Å². The van der Waals surface area contributed by atoms with Crippen molar-refractivity contribution in [2.45, 2.75) is 51.8 Å². The van der Waals surface area contributed by atoms with E-state index in [0.717, 1.165) is 34.3 Å². The third-order valence-corrected chi connectivity index (χ3v) is 4.77. The predicted octanol–water partition coefficient (Wildman–Crippen LogP) is 6.34. The Bertz CT molecular complexity index is 421. The van der Waals surface area contributed by atoms with E-state index in [2.05, 4.69) is 51.8 Å². The van der Waals surface area contributed by atoms with Crippen LogP contribution in [0, 0.1) is 5.92 Å². The van der Waals surface area contributed by atoms with Gasteiger partial charge in [0.15, 0.2) is 11.5 Å². The maximum atomic E-state index is 6.08. The first-order chi connectivity index (χ1) is 10.2. The molecule has 0 radical (unpaired) electrons. The van der Waals surface area contributed by atoms with Gasteiger partial charge in [-0.2, -0.15) is 0 Å². The number of unbranched alkanes of at least 4 members (excludes halogenated alkanes) is 1. The molecule has 0 bridgehead atoms. The SMILES string of the molecule is CCCCC(CC)COc1c(Br)cc(CBr)cc1OCC. The van der Waals surface area contributed by atoms with Crippen molar-refractivity contribution in [2.75, 3.05) is 13.2 Å². The molecule has 1 aromatic carbocycles. The van der Waals surface area contributed by atoms with Gasteiger partial charge in [-0.3, -0.25) is 0 Å². The smallest absolute Gasteiger partial charge is 0.175 e. The van der Waals surface area contributed by atoms with E-state index in [1.54, 1.807) is 0 Å². The van der Waals surface area contributed by atoms with Crippen LogP contribution in [0.4, 0.5) is 0 Å². The fourth-order valence-corrected chi connectivity index (χ4v) is 3.13. The first-order valence-electron chi connectivity index (χ1n) is 7.80. The first kappa shape index (κ1) is 18.8. The molecule has 0 heterocycles. The van der Waals surface area contributed by atoms with E-state index < -0.39 is 0 Å². The van der Waals surface area contributed by atoms with Gasteiger partial charge in [-0.1, -0.05) is 49.0 Å². The Hall–Kier alpha value is -0.220. The van der Waals surface area contributed by atoms with Crippen LogP contribution in [0.1, 0.15) is 52.0 Å².